The number of aromatic hydroxyl groups is 1. The average Bonchev–Trinajstić information content (AvgIpc) is 3.04. The van der Waals surface area contributed by atoms with Gasteiger partial charge in [0.05, 0.1) is 6.54 Å². The topological polar surface area (TPSA) is 71.2 Å². The van der Waals surface area contributed by atoms with E-state index in [0.29, 0.717) is 30.2 Å². The van der Waals surface area contributed by atoms with Gasteiger partial charge in [-0.1, -0.05) is 41.6 Å². The van der Waals surface area contributed by atoms with Crippen LogP contribution < -0.4 is 5.32 Å². The fourth-order valence-electron chi connectivity index (χ4n) is 3.40. The predicted molar refractivity (Wildman–Crippen MR) is 95.2 cm³/mol. The molecule has 5 nitrogen and oxygen atoms in total. The fraction of sp³-hybridized carbons (Fsp3) is 0.300. The van der Waals surface area contributed by atoms with Gasteiger partial charge in [-0.05, 0) is 48.9 Å². The van der Waals surface area contributed by atoms with Crippen molar-refractivity contribution < 1.29 is 9.63 Å². The summed E-state index contributed by atoms with van der Waals surface area (Å²) >= 11 is 0. The first kappa shape index (κ1) is 15.8. The van der Waals surface area contributed by atoms with E-state index in [-0.39, 0.29) is 5.75 Å². The molecule has 1 aromatic heterocycles. The third-order valence-corrected chi connectivity index (χ3v) is 4.88. The van der Waals surface area contributed by atoms with Gasteiger partial charge >= 0.3 is 0 Å². The van der Waals surface area contributed by atoms with Crippen LogP contribution in [0.2, 0.25) is 0 Å². The summed E-state index contributed by atoms with van der Waals surface area (Å²) < 4.78 is 5.30. The van der Waals surface area contributed by atoms with Gasteiger partial charge < -0.3 is 14.9 Å². The first-order valence-electron chi connectivity index (χ1n) is 8.60. The van der Waals surface area contributed by atoms with Crippen molar-refractivity contribution in [3.05, 3.63) is 65.5 Å². The van der Waals surface area contributed by atoms with E-state index >= 15 is 0 Å². The largest absolute Gasteiger partial charge is 0.508 e. The van der Waals surface area contributed by atoms with Crippen LogP contribution in [0.1, 0.15) is 35.8 Å². The van der Waals surface area contributed by atoms with Crippen LogP contribution in [-0.4, -0.2) is 21.3 Å². The second-order valence-corrected chi connectivity index (χ2v) is 6.66. The Morgan fingerprint density at radius 2 is 2.00 bits per heavy atom. The van der Waals surface area contributed by atoms with Gasteiger partial charge in [-0.25, -0.2) is 0 Å². The van der Waals surface area contributed by atoms with Crippen molar-refractivity contribution in [3.63, 3.8) is 0 Å². The second kappa shape index (κ2) is 6.69. The van der Waals surface area contributed by atoms with Gasteiger partial charge in [0.15, 0.2) is 0 Å². The summed E-state index contributed by atoms with van der Waals surface area (Å²) in [5, 5.41) is 17.0. The average molecular weight is 335 g/mol. The summed E-state index contributed by atoms with van der Waals surface area (Å²) in [5.41, 5.74) is 3.58. The molecule has 0 unspecified atom stereocenters. The van der Waals surface area contributed by atoms with E-state index in [9.17, 15) is 5.11 Å². The molecule has 2 aromatic carbocycles. The van der Waals surface area contributed by atoms with Crippen molar-refractivity contribution in [1.29, 1.82) is 0 Å². The molecule has 5 heteroatoms. The van der Waals surface area contributed by atoms with Crippen LogP contribution in [0.15, 0.2) is 53.1 Å². The second-order valence-electron chi connectivity index (χ2n) is 6.66. The molecule has 4 rings (SSSR count). The van der Waals surface area contributed by atoms with Crippen molar-refractivity contribution in [3.8, 4) is 17.1 Å². The predicted octanol–water partition coefficient (Wildman–Crippen LogP) is 3.79. The van der Waals surface area contributed by atoms with Crippen LogP contribution in [-0.2, 0) is 6.54 Å². The van der Waals surface area contributed by atoms with Crippen LogP contribution in [0, 0.1) is 6.92 Å². The Morgan fingerprint density at radius 1 is 1.16 bits per heavy atom. The number of aryl methyl sites for hydroxylation is 1. The number of rotatable bonds is 5. The molecule has 1 heterocycles. The number of hydrogen-bond donors (Lipinski definition) is 2. The van der Waals surface area contributed by atoms with Gasteiger partial charge in [-0.15, -0.1) is 0 Å². The molecule has 1 aliphatic rings. The standard InChI is InChI=1S/C20H21N3O2/c1-13-5-2-3-8-18(13)15-9-16(10-15)21-12-19-22-20(23-25-19)14-6-4-7-17(24)11-14/h2-8,11,15-16,21,24H,9-10,12H2,1H3. The summed E-state index contributed by atoms with van der Waals surface area (Å²) in [5.74, 6) is 1.90. The minimum Gasteiger partial charge on any atom is -0.508 e. The van der Waals surface area contributed by atoms with Crippen molar-refractivity contribution in [2.24, 2.45) is 0 Å². The molecule has 25 heavy (non-hydrogen) atoms. The lowest BCUT2D eigenvalue weighted by atomic mass is 9.74. The summed E-state index contributed by atoms with van der Waals surface area (Å²) in [6.45, 7) is 2.74. The Balaban J connectivity index is 1.31. The molecule has 128 valence electrons. The number of benzene rings is 2. The number of nitrogens with zero attached hydrogens (tertiary/aromatic N) is 2. The van der Waals surface area contributed by atoms with E-state index < -0.39 is 0 Å². The Morgan fingerprint density at radius 3 is 2.80 bits per heavy atom. The Hall–Kier alpha value is -2.66. The zero-order chi connectivity index (χ0) is 17.2. The molecular weight excluding hydrogens is 314 g/mol. The van der Waals surface area contributed by atoms with Gasteiger partial charge in [-0.3, -0.25) is 0 Å². The third kappa shape index (κ3) is 3.42. The molecule has 0 saturated heterocycles. The number of nitrogens with one attached hydrogen (secondary N) is 1. The molecule has 0 bridgehead atoms. The highest BCUT2D eigenvalue weighted by molar-refractivity contribution is 5.56. The monoisotopic (exact) mass is 335 g/mol. The molecule has 3 aromatic rings. The summed E-state index contributed by atoms with van der Waals surface area (Å²) in [4.78, 5) is 4.39. The van der Waals surface area contributed by atoms with Crippen molar-refractivity contribution in [2.75, 3.05) is 0 Å². The maximum absolute atomic E-state index is 9.54. The number of phenolic OH excluding ortho intramolecular Hbond substituents is 1. The summed E-state index contributed by atoms with van der Waals surface area (Å²) in [6, 6.07) is 16.0. The van der Waals surface area contributed by atoms with Crippen LogP contribution in [0.25, 0.3) is 11.4 Å². The van der Waals surface area contributed by atoms with Gasteiger partial charge in [0, 0.05) is 11.6 Å². The maximum atomic E-state index is 9.54. The lowest BCUT2D eigenvalue weighted by molar-refractivity contribution is 0.271. The molecule has 0 atom stereocenters. The molecule has 0 amide bonds. The molecule has 1 aliphatic carbocycles. The third-order valence-electron chi connectivity index (χ3n) is 4.88. The minimum atomic E-state index is 0.193. The number of hydrogen-bond acceptors (Lipinski definition) is 5. The Kier molecular flexibility index (Phi) is 4.24. The molecular formula is C20H21N3O2. The smallest absolute Gasteiger partial charge is 0.240 e. The van der Waals surface area contributed by atoms with Crippen molar-refractivity contribution in [1.82, 2.24) is 15.5 Å². The fourth-order valence-corrected chi connectivity index (χ4v) is 3.40. The zero-order valence-corrected chi connectivity index (χ0v) is 14.1. The van der Waals surface area contributed by atoms with Crippen LogP contribution in [0.3, 0.4) is 0 Å². The van der Waals surface area contributed by atoms with E-state index in [4.69, 9.17) is 4.52 Å². The van der Waals surface area contributed by atoms with E-state index in [1.807, 2.05) is 6.07 Å². The molecule has 2 N–H and O–H groups in total. The molecule has 0 radical (unpaired) electrons. The first-order valence-corrected chi connectivity index (χ1v) is 8.60. The molecule has 0 spiro atoms. The number of aromatic nitrogens is 2. The number of phenols is 1. The highest BCUT2D eigenvalue weighted by Gasteiger charge is 2.30. The van der Waals surface area contributed by atoms with Gasteiger partial charge in [0.2, 0.25) is 11.7 Å². The molecule has 1 saturated carbocycles. The SMILES string of the molecule is Cc1ccccc1C1CC(NCc2nc(-c3cccc(O)c3)no2)C1. The normalized spacial score (nSPS) is 19.6. The van der Waals surface area contributed by atoms with Crippen LogP contribution >= 0.6 is 0 Å². The van der Waals surface area contributed by atoms with E-state index in [2.05, 4.69) is 46.6 Å². The van der Waals surface area contributed by atoms with Crippen molar-refractivity contribution >= 4 is 0 Å². The maximum Gasteiger partial charge on any atom is 0.240 e. The quantitative estimate of drug-likeness (QED) is 0.742. The lowest BCUT2D eigenvalue weighted by Crippen LogP contribution is -2.39. The highest BCUT2D eigenvalue weighted by Crippen LogP contribution is 2.38. The van der Waals surface area contributed by atoms with Gasteiger partial charge in [0.25, 0.3) is 0 Å². The van der Waals surface area contributed by atoms with Gasteiger partial charge in [-0.2, -0.15) is 4.98 Å². The van der Waals surface area contributed by atoms with E-state index in [1.54, 1.807) is 18.2 Å². The minimum absolute atomic E-state index is 0.193. The molecule has 1 fully saturated rings. The highest BCUT2D eigenvalue weighted by atomic mass is 16.5. The van der Waals surface area contributed by atoms with E-state index in [1.165, 1.54) is 11.1 Å². The summed E-state index contributed by atoms with van der Waals surface area (Å²) in [7, 11) is 0. The van der Waals surface area contributed by atoms with Gasteiger partial charge in [0.1, 0.15) is 5.75 Å². The Labute approximate surface area is 146 Å². The van der Waals surface area contributed by atoms with Crippen molar-refractivity contribution in [2.45, 2.75) is 38.3 Å². The first-order chi connectivity index (χ1) is 12.2. The molecule has 0 aliphatic heterocycles. The lowest BCUT2D eigenvalue weighted by Gasteiger charge is -2.36. The Bertz CT molecular complexity index is 869. The summed E-state index contributed by atoms with van der Waals surface area (Å²) in [6.07, 6.45) is 2.27. The van der Waals surface area contributed by atoms with E-state index in [0.717, 1.165) is 18.4 Å². The zero-order valence-electron chi connectivity index (χ0n) is 14.1. The van der Waals surface area contributed by atoms with Crippen LogP contribution in [0.4, 0.5) is 0 Å². The van der Waals surface area contributed by atoms with Crippen LogP contribution in [0.5, 0.6) is 5.75 Å².